The lowest BCUT2D eigenvalue weighted by atomic mass is 10.0. The first-order valence-electron chi connectivity index (χ1n) is 15.9. The molecule has 0 spiro atoms. The smallest absolute Gasteiger partial charge is 0.407 e. The van der Waals surface area contributed by atoms with Gasteiger partial charge < -0.3 is 15.0 Å². The summed E-state index contributed by atoms with van der Waals surface area (Å²) in [6, 6.07) is 0. The minimum Gasteiger partial charge on any atom is -0.450 e. The first kappa shape index (κ1) is 35.6. The van der Waals surface area contributed by atoms with Crippen molar-refractivity contribution in [2.75, 3.05) is 44.3 Å². The van der Waals surface area contributed by atoms with Crippen LogP contribution in [0.15, 0.2) is 0 Å². The van der Waals surface area contributed by atoms with E-state index in [2.05, 4.69) is 31.0 Å². The van der Waals surface area contributed by atoms with Gasteiger partial charge in [0.25, 0.3) is 0 Å². The molecule has 1 N–H and O–H groups in total. The number of hydrogen-bond acceptors (Lipinski definition) is 4. The second-order valence-electron chi connectivity index (χ2n) is 10.4. The van der Waals surface area contributed by atoms with Crippen LogP contribution in [0.2, 0.25) is 0 Å². The highest BCUT2D eigenvalue weighted by atomic mass is 32.2. The van der Waals surface area contributed by atoms with Crippen molar-refractivity contribution in [3.05, 3.63) is 0 Å². The van der Waals surface area contributed by atoms with Crippen molar-refractivity contribution in [3.8, 4) is 0 Å². The van der Waals surface area contributed by atoms with E-state index >= 15 is 0 Å². The van der Waals surface area contributed by atoms with E-state index in [-0.39, 0.29) is 6.09 Å². The van der Waals surface area contributed by atoms with Crippen LogP contribution in [-0.2, 0) is 4.74 Å². The van der Waals surface area contributed by atoms with Crippen molar-refractivity contribution in [1.29, 1.82) is 0 Å². The molecule has 0 aliphatic heterocycles. The zero-order valence-corrected chi connectivity index (χ0v) is 25.6. The van der Waals surface area contributed by atoms with Gasteiger partial charge in [-0.15, -0.1) is 0 Å². The summed E-state index contributed by atoms with van der Waals surface area (Å²) in [4.78, 5) is 14.2. The molecule has 0 fully saturated rings. The van der Waals surface area contributed by atoms with Crippen molar-refractivity contribution in [2.45, 2.75) is 149 Å². The summed E-state index contributed by atoms with van der Waals surface area (Å²) < 4.78 is 5.28. The van der Waals surface area contributed by atoms with Crippen LogP contribution in [0.3, 0.4) is 0 Å². The van der Waals surface area contributed by atoms with Gasteiger partial charge in [0.1, 0.15) is 0 Å². The Morgan fingerprint density at radius 2 is 1.08 bits per heavy atom. The molecule has 0 heterocycles. The summed E-state index contributed by atoms with van der Waals surface area (Å²) in [7, 11) is 0. The van der Waals surface area contributed by atoms with Crippen LogP contribution in [0, 0.1) is 0 Å². The molecule has 216 valence electrons. The normalized spacial score (nSPS) is 11.3. The van der Waals surface area contributed by atoms with Gasteiger partial charge >= 0.3 is 6.09 Å². The standard InChI is InChI=1S/C31H64N2O2S/c1-4-7-8-9-10-11-12-13-14-15-16-17-18-19-22-25-29-36-30-26-32-31(34)35-28-24-21-20-23-27-33(5-2)6-3/h4-30H2,1-3H3,(H,32,34). The summed E-state index contributed by atoms with van der Waals surface area (Å²) in [6.07, 6.45) is 27.0. The molecular weight excluding hydrogens is 464 g/mol. The molecule has 0 aromatic heterocycles. The molecule has 0 aliphatic carbocycles. The third kappa shape index (κ3) is 28.2. The number of nitrogens with one attached hydrogen (secondary N) is 1. The van der Waals surface area contributed by atoms with Gasteiger partial charge in [0.15, 0.2) is 0 Å². The van der Waals surface area contributed by atoms with Crippen LogP contribution in [0.4, 0.5) is 4.79 Å². The molecule has 0 aromatic rings. The summed E-state index contributed by atoms with van der Waals surface area (Å²) >= 11 is 1.95. The maximum absolute atomic E-state index is 11.7. The predicted octanol–water partition coefficient (Wildman–Crippen LogP) is 9.61. The topological polar surface area (TPSA) is 41.6 Å². The van der Waals surface area contributed by atoms with Crippen LogP contribution in [-0.4, -0.2) is 55.3 Å². The number of amides is 1. The number of nitrogens with zero attached hydrogens (tertiary/aromatic N) is 1. The van der Waals surface area contributed by atoms with Gasteiger partial charge in [-0.3, -0.25) is 0 Å². The zero-order chi connectivity index (χ0) is 26.4. The molecule has 0 saturated heterocycles. The molecule has 0 saturated carbocycles. The van der Waals surface area contributed by atoms with Crippen LogP contribution < -0.4 is 5.32 Å². The molecule has 1 amide bonds. The van der Waals surface area contributed by atoms with E-state index in [0.717, 1.165) is 31.7 Å². The van der Waals surface area contributed by atoms with Crippen LogP contribution >= 0.6 is 11.8 Å². The third-order valence-electron chi connectivity index (χ3n) is 7.15. The van der Waals surface area contributed by atoms with Crippen molar-refractivity contribution in [2.24, 2.45) is 0 Å². The number of ether oxygens (including phenoxy) is 1. The Balaban J connectivity index is 3.17. The minimum absolute atomic E-state index is 0.249. The lowest BCUT2D eigenvalue weighted by Gasteiger charge is -2.17. The highest BCUT2D eigenvalue weighted by Crippen LogP contribution is 2.14. The van der Waals surface area contributed by atoms with Gasteiger partial charge in [0, 0.05) is 12.3 Å². The maximum atomic E-state index is 11.7. The highest BCUT2D eigenvalue weighted by Gasteiger charge is 2.02. The van der Waals surface area contributed by atoms with E-state index in [9.17, 15) is 4.79 Å². The maximum Gasteiger partial charge on any atom is 0.407 e. The SMILES string of the molecule is CCCCCCCCCCCCCCCCCCSCCNC(=O)OCCCCCCN(CC)CC. The fraction of sp³-hybridized carbons (Fsp3) is 0.968. The summed E-state index contributed by atoms with van der Waals surface area (Å²) in [5, 5.41) is 2.88. The van der Waals surface area contributed by atoms with E-state index < -0.39 is 0 Å². The molecule has 4 nitrogen and oxygen atoms in total. The molecule has 0 unspecified atom stereocenters. The van der Waals surface area contributed by atoms with E-state index in [4.69, 9.17) is 4.74 Å². The number of alkyl carbamates (subject to hydrolysis) is 1. The fourth-order valence-corrected chi connectivity index (χ4v) is 5.49. The Kier molecular flexibility index (Phi) is 30.4. The van der Waals surface area contributed by atoms with Gasteiger partial charge in [-0.1, -0.05) is 130 Å². The van der Waals surface area contributed by atoms with Crippen molar-refractivity contribution >= 4 is 17.9 Å². The molecule has 0 aromatic carbocycles. The van der Waals surface area contributed by atoms with E-state index in [1.165, 1.54) is 128 Å². The Bertz CT molecular complexity index is 433. The number of rotatable bonds is 29. The van der Waals surface area contributed by atoms with Crippen molar-refractivity contribution in [3.63, 3.8) is 0 Å². The molecule has 5 heteroatoms. The second kappa shape index (κ2) is 30.8. The third-order valence-corrected chi connectivity index (χ3v) is 8.22. The average Bonchev–Trinajstić information content (AvgIpc) is 2.89. The minimum atomic E-state index is -0.249. The predicted molar refractivity (Wildman–Crippen MR) is 162 cm³/mol. The zero-order valence-electron chi connectivity index (χ0n) is 24.8. The van der Waals surface area contributed by atoms with Gasteiger partial charge in [0.05, 0.1) is 6.61 Å². The van der Waals surface area contributed by atoms with Crippen molar-refractivity contribution < 1.29 is 9.53 Å². The number of thioether (sulfide) groups is 1. The van der Waals surface area contributed by atoms with Crippen molar-refractivity contribution in [1.82, 2.24) is 10.2 Å². The second-order valence-corrected chi connectivity index (χ2v) is 11.6. The molecule has 0 aliphatic rings. The lowest BCUT2D eigenvalue weighted by Crippen LogP contribution is -2.27. The van der Waals surface area contributed by atoms with Gasteiger partial charge in [-0.05, 0) is 44.6 Å². The van der Waals surface area contributed by atoms with E-state index in [1.807, 2.05) is 11.8 Å². The number of carbonyl (C=O) groups is 1. The monoisotopic (exact) mass is 528 g/mol. The Morgan fingerprint density at radius 1 is 0.611 bits per heavy atom. The van der Waals surface area contributed by atoms with Crippen LogP contribution in [0.1, 0.15) is 149 Å². The summed E-state index contributed by atoms with van der Waals surface area (Å²) in [5.74, 6) is 2.20. The Labute approximate surface area is 230 Å². The Hall–Kier alpha value is -0.420. The molecular formula is C31H64N2O2S. The van der Waals surface area contributed by atoms with Gasteiger partial charge in [-0.2, -0.15) is 11.8 Å². The largest absolute Gasteiger partial charge is 0.450 e. The van der Waals surface area contributed by atoms with E-state index in [1.54, 1.807) is 0 Å². The van der Waals surface area contributed by atoms with Crippen LogP contribution in [0.25, 0.3) is 0 Å². The molecule has 0 bridgehead atoms. The van der Waals surface area contributed by atoms with Gasteiger partial charge in [-0.25, -0.2) is 4.79 Å². The number of hydrogen-bond donors (Lipinski definition) is 1. The van der Waals surface area contributed by atoms with Gasteiger partial charge in [0.2, 0.25) is 0 Å². The Morgan fingerprint density at radius 3 is 1.61 bits per heavy atom. The fourth-order valence-electron chi connectivity index (χ4n) is 4.63. The quantitative estimate of drug-likeness (QED) is 0.0981. The molecule has 0 atom stereocenters. The summed E-state index contributed by atoms with van der Waals surface area (Å²) in [5.41, 5.74) is 0. The first-order valence-corrected chi connectivity index (χ1v) is 17.1. The molecule has 0 radical (unpaired) electrons. The molecule has 0 rings (SSSR count). The van der Waals surface area contributed by atoms with E-state index in [0.29, 0.717) is 13.2 Å². The number of unbranched alkanes of at least 4 members (excludes halogenated alkanes) is 18. The first-order chi connectivity index (χ1) is 17.7. The average molecular weight is 529 g/mol. The molecule has 36 heavy (non-hydrogen) atoms. The van der Waals surface area contributed by atoms with Crippen LogP contribution in [0.5, 0.6) is 0 Å². The number of carbonyl (C=O) groups excluding carboxylic acids is 1. The highest BCUT2D eigenvalue weighted by molar-refractivity contribution is 7.99. The summed E-state index contributed by atoms with van der Waals surface area (Å²) in [6.45, 7) is 11.4. The lowest BCUT2D eigenvalue weighted by molar-refractivity contribution is 0.144.